The maximum atomic E-state index is 12.6. The average molecular weight is 380 g/mol. The van der Waals surface area contributed by atoms with Gasteiger partial charge in [0.25, 0.3) is 5.91 Å². The number of benzene rings is 1. The fraction of sp³-hybridized carbons (Fsp3) is 0.211. The summed E-state index contributed by atoms with van der Waals surface area (Å²) in [5, 5.41) is 6.78. The van der Waals surface area contributed by atoms with Crippen molar-refractivity contribution < 1.29 is 23.9 Å². The molecule has 0 radical (unpaired) electrons. The van der Waals surface area contributed by atoms with E-state index in [0.717, 1.165) is 11.1 Å². The van der Waals surface area contributed by atoms with Crippen LogP contribution in [0, 0.1) is 0 Å². The zero-order valence-corrected chi connectivity index (χ0v) is 15.0. The summed E-state index contributed by atoms with van der Waals surface area (Å²) < 4.78 is 11.4. The van der Waals surface area contributed by atoms with E-state index >= 15 is 0 Å². The summed E-state index contributed by atoms with van der Waals surface area (Å²) in [7, 11) is 1.25. The van der Waals surface area contributed by atoms with Crippen LogP contribution >= 0.6 is 0 Å². The minimum atomic E-state index is -0.621. The van der Waals surface area contributed by atoms with Gasteiger partial charge in [0.15, 0.2) is 17.1 Å². The van der Waals surface area contributed by atoms with E-state index in [0.29, 0.717) is 17.8 Å². The van der Waals surface area contributed by atoms with Gasteiger partial charge in [0.05, 0.1) is 13.3 Å². The third-order valence-electron chi connectivity index (χ3n) is 4.34. The van der Waals surface area contributed by atoms with Crippen LogP contribution in [0.1, 0.15) is 32.1 Å². The first kappa shape index (κ1) is 17.7. The van der Waals surface area contributed by atoms with Crippen molar-refractivity contribution in [1.82, 2.24) is 19.9 Å². The standard InChI is InChI=1S/C19H16N4O5/c1-27-19(26)15-8-14(22-17-4-5-21-23(15)17)18(25)20-9-11-2-3-16-12(6-11)7-13(24)10-28-16/h2-6,8H,7,9-10H2,1H3,(H,20,25). The fourth-order valence-electron chi connectivity index (χ4n) is 3.00. The molecule has 0 saturated carbocycles. The highest BCUT2D eigenvalue weighted by Crippen LogP contribution is 2.24. The number of esters is 1. The normalized spacial score (nSPS) is 13.0. The molecule has 0 spiro atoms. The number of nitrogens with zero attached hydrogens (tertiary/aromatic N) is 3. The smallest absolute Gasteiger partial charge is 0.356 e. The van der Waals surface area contributed by atoms with Crippen LogP contribution in [-0.2, 0) is 22.5 Å². The number of fused-ring (bicyclic) bond motifs is 2. The molecule has 9 nitrogen and oxygen atoms in total. The quantitative estimate of drug-likeness (QED) is 0.671. The molecule has 1 N–H and O–H groups in total. The molecule has 0 atom stereocenters. The first-order chi connectivity index (χ1) is 13.5. The highest BCUT2D eigenvalue weighted by molar-refractivity contribution is 5.96. The summed E-state index contributed by atoms with van der Waals surface area (Å²) in [5.41, 5.74) is 2.16. The summed E-state index contributed by atoms with van der Waals surface area (Å²) >= 11 is 0. The number of ketones is 1. The van der Waals surface area contributed by atoms with Gasteiger partial charge in [0, 0.05) is 30.7 Å². The van der Waals surface area contributed by atoms with Gasteiger partial charge in [-0.2, -0.15) is 5.10 Å². The molecule has 28 heavy (non-hydrogen) atoms. The zero-order valence-electron chi connectivity index (χ0n) is 15.0. The Hall–Kier alpha value is -3.75. The molecule has 9 heteroatoms. The number of methoxy groups -OCH3 is 1. The summed E-state index contributed by atoms with van der Waals surface area (Å²) in [6, 6.07) is 8.36. The molecule has 3 aromatic rings. The third kappa shape index (κ3) is 3.29. The maximum absolute atomic E-state index is 12.6. The van der Waals surface area contributed by atoms with Gasteiger partial charge < -0.3 is 14.8 Å². The Bertz CT molecular complexity index is 1100. The second kappa shape index (κ2) is 7.10. The SMILES string of the molecule is COC(=O)c1cc(C(=O)NCc2ccc3c(c2)CC(=O)CO3)nc2ccnn12. The summed E-state index contributed by atoms with van der Waals surface area (Å²) in [6.07, 6.45) is 1.80. The number of carbonyl (C=O) groups is 3. The molecule has 1 aliphatic heterocycles. The monoisotopic (exact) mass is 380 g/mol. The largest absolute Gasteiger partial charge is 0.486 e. The van der Waals surface area contributed by atoms with Gasteiger partial charge in [-0.05, 0) is 17.7 Å². The van der Waals surface area contributed by atoms with E-state index in [1.807, 2.05) is 12.1 Å². The Labute approximate surface area is 159 Å². The van der Waals surface area contributed by atoms with Crippen LogP contribution in [0.25, 0.3) is 5.65 Å². The predicted molar refractivity (Wildman–Crippen MR) is 96.1 cm³/mol. The van der Waals surface area contributed by atoms with E-state index in [1.54, 1.807) is 12.1 Å². The van der Waals surface area contributed by atoms with Crippen LogP contribution in [0.4, 0.5) is 0 Å². The lowest BCUT2D eigenvalue weighted by Gasteiger charge is -2.17. The highest BCUT2D eigenvalue weighted by atomic mass is 16.5. The van der Waals surface area contributed by atoms with Crippen molar-refractivity contribution in [1.29, 1.82) is 0 Å². The van der Waals surface area contributed by atoms with Crippen LogP contribution < -0.4 is 10.1 Å². The number of hydrogen-bond acceptors (Lipinski definition) is 7. The van der Waals surface area contributed by atoms with Crippen molar-refractivity contribution in [3.8, 4) is 5.75 Å². The minimum Gasteiger partial charge on any atom is -0.486 e. The summed E-state index contributed by atoms with van der Waals surface area (Å²) in [4.78, 5) is 40.3. The minimum absolute atomic E-state index is 0.0161. The Morgan fingerprint density at radius 3 is 2.96 bits per heavy atom. The fourth-order valence-corrected chi connectivity index (χ4v) is 3.00. The van der Waals surface area contributed by atoms with Crippen molar-refractivity contribution in [2.24, 2.45) is 0 Å². The van der Waals surface area contributed by atoms with E-state index in [2.05, 4.69) is 15.4 Å². The van der Waals surface area contributed by atoms with Crippen molar-refractivity contribution in [2.45, 2.75) is 13.0 Å². The van der Waals surface area contributed by atoms with E-state index in [9.17, 15) is 14.4 Å². The van der Waals surface area contributed by atoms with E-state index in [4.69, 9.17) is 9.47 Å². The van der Waals surface area contributed by atoms with Gasteiger partial charge in [-0.3, -0.25) is 9.59 Å². The topological polar surface area (TPSA) is 112 Å². The van der Waals surface area contributed by atoms with Crippen molar-refractivity contribution in [3.63, 3.8) is 0 Å². The lowest BCUT2D eigenvalue weighted by molar-refractivity contribution is -0.121. The number of carbonyl (C=O) groups excluding carboxylic acids is 3. The number of aromatic nitrogens is 3. The van der Waals surface area contributed by atoms with Gasteiger partial charge in [-0.15, -0.1) is 0 Å². The number of rotatable bonds is 4. The maximum Gasteiger partial charge on any atom is 0.356 e. The van der Waals surface area contributed by atoms with Gasteiger partial charge >= 0.3 is 5.97 Å². The molecule has 1 aliphatic rings. The molecular formula is C19H16N4O5. The average Bonchev–Trinajstić information content (AvgIpc) is 3.19. The molecular weight excluding hydrogens is 364 g/mol. The highest BCUT2D eigenvalue weighted by Gasteiger charge is 2.19. The lowest BCUT2D eigenvalue weighted by Crippen LogP contribution is -2.25. The third-order valence-corrected chi connectivity index (χ3v) is 4.34. The van der Waals surface area contributed by atoms with Gasteiger partial charge in [0.2, 0.25) is 0 Å². The zero-order chi connectivity index (χ0) is 19.7. The Balaban J connectivity index is 1.53. The molecule has 0 bridgehead atoms. The van der Waals surface area contributed by atoms with Gasteiger partial charge in [-0.1, -0.05) is 6.07 Å². The van der Waals surface area contributed by atoms with Gasteiger partial charge in [0.1, 0.15) is 18.1 Å². The van der Waals surface area contributed by atoms with Crippen LogP contribution in [0.5, 0.6) is 5.75 Å². The number of ether oxygens (including phenoxy) is 2. The second-order valence-electron chi connectivity index (χ2n) is 6.25. The molecule has 4 rings (SSSR count). The molecule has 3 heterocycles. The number of nitrogens with one attached hydrogen (secondary N) is 1. The van der Waals surface area contributed by atoms with E-state index < -0.39 is 11.9 Å². The predicted octanol–water partition coefficient (Wildman–Crippen LogP) is 0.950. The Kier molecular flexibility index (Phi) is 4.48. The van der Waals surface area contributed by atoms with Crippen LogP contribution in [0.2, 0.25) is 0 Å². The Morgan fingerprint density at radius 1 is 1.29 bits per heavy atom. The molecule has 142 valence electrons. The Morgan fingerprint density at radius 2 is 2.14 bits per heavy atom. The van der Waals surface area contributed by atoms with Crippen LogP contribution in [-0.4, -0.2) is 46.0 Å². The first-order valence-electron chi connectivity index (χ1n) is 8.53. The number of hydrogen-bond donors (Lipinski definition) is 1. The molecule has 1 amide bonds. The van der Waals surface area contributed by atoms with Crippen molar-refractivity contribution >= 4 is 23.3 Å². The molecule has 0 unspecified atom stereocenters. The molecule has 0 aliphatic carbocycles. The van der Waals surface area contributed by atoms with Crippen LogP contribution in [0.3, 0.4) is 0 Å². The second-order valence-corrected chi connectivity index (χ2v) is 6.25. The summed E-state index contributed by atoms with van der Waals surface area (Å²) in [6.45, 7) is 0.328. The number of amides is 1. The van der Waals surface area contributed by atoms with Crippen molar-refractivity contribution in [2.75, 3.05) is 13.7 Å². The molecule has 1 aromatic carbocycles. The lowest BCUT2D eigenvalue weighted by atomic mass is 10.0. The van der Waals surface area contributed by atoms with Crippen molar-refractivity contribution in [3.05, 3.63) is 59.0 Å². The molecule has 0 saturated heterocycles. The molecule has 2 aromatic heterocycles. The first-order valence-corrected chi connectivity index (χ1v) is 8.53. The van der Waals surface area contributed by atoms with E-state index in [1.165, 1.54) is 23.9 Å². The number of Topliss-reactive ketones (excluding diaryl/α,β-unsaturated/α-hetero) is 1. The van der Waals surface area contributed by atoms with E-state index in [-0.39, 0.29) is 30.3 Å². The van der Waals surface area contributed by atoms with Gasteiger partial charge in [-0.25, -0.2) is 14.3 Å². The summed E-state index contributed by atoms with van der Waals surface area (Å²) in [5.74, 6) is -0.365. The van der Waals surface area contributed by atoms with Crippen LogP contribution in [0.15, 0.2) is 36.5 Å². The molecule has 0 fully saturated rings.